The van der Waals surface area contributed by atoms with Crippen LogP contribution < -0.4 is 10.6 Å². The second-order valence-corrected chi connectivity index (χ2v) is 4.95. The summed E-state index contributed by atoms with van der Waals surface area (Å²) >= 11 is 0. The molecule has 6 heteroatoms. The number of hydrogen-bond acceptors (Lipinski definition) is 5. The van der Waals surface area contributed by atoms with E-state index in [1.807, 2.05) is 30.1 Å². The van der Waals surface area contributed by atoms with E-state index in [0.29, 0.717) is 5.95 Å². The third-order valence-electron chi connectivity index (χ3n) is 2.83. The average Bonchev–Trinajstić information content (AvgIpc) is 2.88. The van der Waals surface area contributed by atoms with Crippen molar-refractivity contribution in [3.8, 4) is 0 Å². The second kappa shape index (κ2) is 6.88. The van der Waals surface area contributed by atoms with Crippen molar-refractivity contribution < 1.29 is 0 Å². The Labute approximate surface area is 119 Å². The lowest BCUT2D eigenvalue weighted by Crippen LogP contribution is -2.22. The van der Waals surface area contributed by atoms with Gasteiger partial charge in [-0.25, -0.2) is 9.97 Å². The molecule has 2 heterocycles. The van der Waals surface area contributed by atoms with Gasteiger partial charge in [0.25, 0.3) is 0 Å². The van der Waals surface area contributed by atoms with Crippen LogP contribution in [-0.4, -0.2) is 32.1 Å². The quantitative estimate of drug-likeness (QED) is 0.811. The largest absolute Gasteiger partial charge is 0.366 e. The van der Waals surface area contributed by atoms with E-state index in [9.17, 15) is 0 Å². The molecule has 0 bridgehead atoms. The molecule has 0 aromatic carbocycles. The molecule has 2 rings (SSSR count). The predicted molar refractivity (Wildman–Crippen MR) is 80.9 cm³/mol. The molecule has 0 aliphatic heterocycles. The highest BCUT2D eigenvalue weighted by Gasteiger charge is 2.06. The lowest BCUT2D eigenvalue weighted by atomic mass is 10.3. The van der Waals surface area contributed by atoms with Crippen molar-refractivity contribution in [3.05, 3.63) is 30.5 Å². The fraction of sp³-hybridized carbons (Fsp3) is 0.500. The van der Waals surface area contributed by atoms with Crippen molar-refractivity contribution in [2.45, 2.75) is 39.8 Å². The first-order valence-corrected chi connectivity index (χ1v) is 6.99. The van der Waals surface area contributed by atoms with Gasteiger partial charge in [-0.1, -0.05) is 6.92 Å². The Kier molecular flexibility index (Phi) is 4.92. The smallest absolute Gasteiger partial charge is 0.224 e. The van der Waals surface area contributed by atoms with Gasteiger partial charge >= 0.3 is 0 Å². The maximum atomic E-state index is 4.48. The molecule has 0 aliphatic rings. The summed E-state index contributed by atoms with van der Waals surface area (Å²) in [6.07, 6.45) is 6.61. The van der Waals surface area contributed by atoms with Gasteiger partial charge in [0.05, 0.1) is 6.33 Å². The molecule has 0 amide bonds. The topological polar surface area (TPSA) is 67.7 Å². The highest BCUT2D eigenvalue weighted by atomic mass is 15.2. The van der Waals surface area contributed by atoms with Crippen LogP contribution in [0, 0.1) is 6.92 Å². The standard InChI is InChI=1S/C14H22N6/c1-4-5-16-14-18-11(2)8-13(19-14)17-12(3)9-20-7-6-15-10-20/h6-8,10,12H,4-5,9H2,1-3H3,(H2,16,17,18,19). The maximum Gasteiger partial charge on any atom is 0.224 e. The first-order chi connectivity index (χ1) is 9.67. The van der Waals surface area contributed by atoms with Crippen LogP contribution in [0.1, 0.15) is 26.0 Å². The zero-order valence-electron chi connectivity index (χ0n) is 12.3. The van der Waals surface area contributed by atoms with Crippen molar-refractivity contribution in [1.82, 2.24) is 19.5 Å². The minimum absolute atomic E-state index is 0.262. The summed E-state index contributed by atoms with van der Waals surface area (Å²) in [5.74, 6) is 1.54. The van der Waals surface area contributed by atoms with Gasteiger partial charge in [-0.05, 0) is 20.3 Å². The van der Waals surface area contributed by atoms with Gasteiger partial charge in [-0.15, -0.1) is 0 Å². The summed E-state index contributed by atoms with van der Waals surface area (Å²) in [5, 5.41) is 6.62. The summed E-state index contributed by atoms with van der Waals surface area (Å²) in [6, 6.07) is 2.22. The number of nitrogens with zero attached hydrogens (tertiary/aromatic N) is 4. The zero-order chi connectivity index (χ0) is 14.4. The normalized spacial score (nSPS) is 12.2. The minimum atomic E-state index is 0.262. The molecule has 1 unspecified atom stereocenters. The Hall–Kier alpha value is -2.11. The number of nitrogens with one attached hydrogen (secondary N) is 2. The van der Waals surface area contributed by atoms with Crippen LogP contribution in [0.2, 0.25) is 0 Å². The molecule has 0 radical (unpaired) electrons. The van der Waals surface area contributed by atoms with Gasteiger partial charge in [-0.3, -0.25) is 0 Å². The van der Waals surface area contributed by atoms with Crippen molar-refractivity contribution >= 4 is 11.8 Å². The number of aromatic nitrogens is 4. The molecule has 0 aliphatic carbocycles. The summed E-state index contributed by atoms with van der Waals surface area (Å²) in [5.41, 5.74) is 0.955. The van der Waals surface area contributed by atoms with Crippen LogP contribution in [0.15, 0.2) is 24.8 Å². The summed E-state index contributed by atoms with van der Waals surface area (Å²) in [7, 11) is 0. The van der Waals surface area contributed by atoms with Gasteiger partial charge < -0.3 is 15.2 Å². The molecule has 0 spiro atoms. The van der Waals surface area contributed by atoms with E-state index in [1.165, 1.54) is 0 Å². The van der Waals surface area contributed by atoms with E-state index in [4.69, 9.17) is 0 Å². The third kappa shape index (κ3) is 4.22. The van der Waals surface area contributed by atoms with Crippen LogP contribution >= 0.6 is 0 Å². The summed E-state index contributed by atoms with van der Waals surface area (Å²) < 4.78 is 2.04. The molecule has 2 aromatic rings. The Bertz CT molecular complexity index is 522. The number of imidazole rings is 1. The van der Waals surface area contributed by atoms with Gasteiger partial charge in [0, 0.05) is 43.3 Å². The fourth-order valence-corrected chi connectivity index (χ4v) is 1.97. The Morgan fingerprint density at radius 1 is 1.35 bits per heavy atom. The Morgan fingerprint density at radius 3 is 2.90 bits per heavy atom. The molecular formula is C14H22N6. The van der Waals surface area contributed by atoms with Crippen LogP contribution in [0.4, 0.5) is 11.8 Å². The maximum absolute atomic E-state index is 4.48. The van der Waals surface area contributed by atoms with E-state index in [0.717, 1.165) is 31.0 Å². The molecule has 6 nitrogen and oxygen atoms in total. The highest BCUT2D eigenvalue weighted by Crippen LogP contribution is 2.11. The van der Waals surface area contributed by atoms with E-state index in [1.54, 1.807) is 6.20 Å². The molecule has 0 saturated heterocycles. The van der Waals surface area contributed by atoms with Crippen LogP contribution in [0.3, 0.4) is 0 Å². The molecule has 0 saturated carbocycles. The van der Waals surface area contributed by atoms with Gasteiger partial charge in [0.15, 0.2) is 0 Å². The average molecular weight is 274 g/mol. The molecule has 2 aromatic heterocycles. The minimum Gasteiger partial charge on any atom is -0.366 e. The SMILES string of the molecule is CCCNc1nc(C)cc(NC(C)Cn2ccnc2)n1. The number of hydrogen-bond donors (Lipinski definition) is 2. The monoisotopic (exact) mass is 274 g/mol. The van der Waals surface area contributed by atoms with Gasteiger partial charge in [-0.2, -0.15) is 4.98 Å². The van der Waals surface area contributed by atoms with Crippen LogP contribution in [0.25, 0.3) is 0 Å². The van der Waals surface area contributed by atoms with Gasteiger partial charge in [0.2, 0.25) is 5.95 Å². The summed E-state index contributed by atoms with van der Waals surface area (Å²) in [6.45, 7) is 7.95. The molecule has 108 valence electrons. The molecular weight excluding hydrogens is 252 g/mol. The van der Waals surface area contributed by atoms with Crippen molar-refractivity contribution in [2.24, 2.45) is 0 Å². The third-order valence-corrected chi connectivity index (χ3v) is 2.83. The van der Waals surface area contributed by atoms with E-state index < -0.39 is 0 Å². The number of anilines is 2. The number of aryl methyl sites for hydroxylation is 1. The van der Waals surface area contributed by atoms with Crippen LogP contribution in [0.5, 0.6) is 0 Å². The Balaban J connectivity index is 1.98. The lowest BCUT2D eigenvalue weighted by molar-refractivity contribution is 0.617. The fourth-order valence-electron chi connectivity index (χ4n) is 1.97. The molecule has 1 atom stereocenters. The molecule has 0 fully saturated rings. The van der Waals surface area contributed by atoms with E-state index in [-0.39, 0.29) is 6.04 Å². The van der Waals surface area contributed by atoms with Crippen molar-refractivity contribution in [3.63, 3.8) is 0 Å². The highest BCUT2D eigenvalue weighted by molar-refractivity contribution is 5.42. The lowest BCUT2D eigenvalue weighted by Gasteiger charge is -2.16. The predicted octanol–water partition coefficient (Wildman–Crippen LogP) is 2.30. The van der Waals surface area contributed by atoms with Crippen LogP contribution in [-0.2, 0) is 6.54 Å². The molecule has 2 N–H and O–H groups in total. The van der Waals surface area contributed by atoms with Crippen molar-refractivity contribution in [1.29, 1.82) is 0 Å². The second-order valence-electron chi connectivity index (χ2n) is 4.95. The molecule has 20 heavy (non-hydrogen) atoms. The summed E-state index contributed by atoms with van der Waals surface area (Å²) in [4.78, 5) is 12.9. The Morgan fingerprint density at radius 2 is 2.20 bits per heavy atom. The first kappa shape index (κ1) is 14.3. The van der Waals surface area contributed by atoms with Crippen molar-refractivity contribution in [2.75, 3.05) is 17.2 Å². The van der Waals surface area contributed by atoms with E-state index in [2.05, 4.69) is 39.4 Å². The zero-order valence-corrected chi connectivity index (χ0v) is 12.3. The van der Waals surface area contributed by atoms with Gasteiger partial charge in [0.1, 0.15) is 5.82 Å². The number of rotatable bonds is 7. The first-order valence-electron chi connectivity index (χ1n) is 6.99. The van der Waals surface area contributed by atoms with E-state index >= 15 is 0 Å².